The molecule has 1 saturated heterocycles. The molecule has 1 aliphatic heterocycles. The van der Waals surface area contributed by atoms with Gasteiger partial charge in [-0.3, -0.25) is 14.7 Å². The van der Waals surface area contributed by atoms with Gasteiger partial charge in [0.05, 0.1) is 11.7 Å². The SMILES string of the molecule is CC(CNc1nc2c(cnn2C(C)(C)C)c(=O)[nH]1)N1CCN(c2ccccc2)CC1. The Hall–Kier alpha value is -2.87. The first-order valence-corrected chi connectivity index (χ1v) is 10.6. The van der Waals surface area contributed by atoms with Crippen molar-refractivity contribution < 1.29 is 0 Å². The lowest BCUT2D eigenvalue weighted by Gasteiger charge is -2.39. The Bertz CT molecular complexity index is 1040. The molecule has 1 atom stereocenters. The van der Waals surface area contributed by atoms with Gasteiger partial charge in [-0.05, 0) is 39.8 Å². The van der Waals surface area contributed by atoms with Gasteiger partial charge in [-0.15, -0.1) is 0 Å². The van der Waals surface area contributed by atoms with Crippen molar-refractivity contribution in [2.75, 3.05) is 42.9 Å². The highest BCUT2D eigenvalue weighted by molar-refractivity contribution is 5.74. The predicted molar refractivity (Wildman–Crippen MR) is 121 cm³/mol. The van der Waals surface area contributed by atoms with Crippen molar-refractivity contribution in [2.45, 2.75) is 39.3 Å². The van der Waals surface area contributed by atoms with Crippen LogP contribution in [0.3, 0.4) is 0 Å². The largest absolute Gasteiger partial charge is 0.369 e. The van der Waals surface area contributed by atoms with Crippen molar-refractivity contribution in [3.63, 3.8) is 0 Å². The first kappa shape index (κ1) is 20.4. The van der Waals surface area contributed by atoms with E-state index >= 15 is 0 Å². The standard InChI is InChI=1S/C22H31N7O/c1-16(27-10-12-28(13-11-27)17-8-6-5-7-9-17)14-23-21-25-19-18(20(30)26-21)15-24-29(19)22(2,3)4/h5-9,15-16H,10-14H2,1-4H3,(H2,23,25,26,30). The Labute approximate surface area is 176 Å². The minimum absolute atomic E-state index is 0.165. The van der Waals surface area contributed by atoms with Gasteiger partial charge in [-0.1, -0.05) is 18.2 Å². The van der Waals surface area contributed by atoms with Crippen molar-refractivity contribution in [1.82, 2.24) is 24.6 Å². The molecule has 8 nitrogen and oxygen atoms in total. The fourth-order valence-corrected chi connectivity index (χ4v) is 3.93. The minimum Gasteiger partial charge on any atom is -0.369 e. The van der Waals surface area contributed by atoms with Crippen molar-refractivity contribution in [2.24, 2.45) is 0 Å². The number of aromatic amines is 1. The summed E-state index contributed by atoms with van der Waals surface area (Å²) in [6.07, 6.45) is 1.59. The average molecular weight is 410 g/mol. The normalized spacial score (nSPS) is 16.7. The number of para-hydroxylation sites is 1. The van der Waals surface area contributed by atoms with E-state index in [1.807, 2.05) is 20.8 Å². The van der Waals surface area contributed by atoms with E-state index in [1.54, 1.807) is 10.9 Å². The Morgan fingerprint density at radius 3 is 2.50 bits per heavy atom. The van der Waals surface area contributed by atoms with Crippen LogP contribution in [0.1, 0.15) is 27.7 Å². The number of nitrogens with zero attached hydrogens (tertiary/aromatic N) is 5. The lowest BCUT2D eigenvalue weighted by atomic mass is 10.1. The summed E-state index contributed by atoms with van der Waals surface area (Å²) in [6, 6.07) is 10.9. The molecular weight excluding hydrogens is 378 g/mol. The molecule has 160 valence electrons. The molecule has 3 heterocycles. The van der Waals surface area contributed by atoms with Crippen molar-refractivity contribution in [3.05, 3.63) is 46.9 Å². The molecule has 0 radical (unpaired) electrons. The first-order chi connectivity index (χ1) is 14.3. The second-order valence-electron chi connectivity index (χ2n) is 8.97. The van der Waals surface area contributed by atoms with E-state index in [0.29, 0.717) is 29.6 Å². The van der Waals surface area contributed by atoms with Crippen LogP contribution in [-0.4, -0.2) is 63.4 Å². The van der Waals surface area contributed by atoms with Gasteiger partial charge in [-0.25, -0.2) is 4.68 Å². The van der Waals surface area contributed by atoms with Gasteiger partial charge in [-0.2, -0.15) is 10.1 Å². The van der Waals surface area contributed by atoms with Crippen LogP contribution >= 0.6 is 0 Å². The summed E-state index contributed by atoms with van der Waals surface area (Å²) in [5.41, 5.74) is 1.49. The number of nitrogens with one attached hydrogen (secondary N) is 2. The molecular formula is C22H31N7O. The molecule has 8 heteroatoms. The monoisotopic (exact) mass is 409 g/mol. The molecule has 0 spiro atoms. The summed E-state index contributed by atoms with van der Waals surface area (Å²) < 4.78 is 1.80. The van der Waals surface area contributed by atoms with Crippen LogP contribution in [0.15, 0.2) is 41.3 Å². The van der Waals surface area contributed by atoms with Crippen LogP contribution in [-0.2, 0) is 5.54 Å². The van der Waals surface area contributed by atoms with E-state index in [-0.39, 0.29) is 11.1 Å². The highest BCUT2D eigenvalue weighted by Crippen LogP contribution is 2.19. The average Bonchev–Trinajstić information content (AvgIpc) is 3.18. The molecule has 1 aromatic carbocycles. The Kier molecular flexibility index (Phi) is 5.51. The van der Waals surface area contributed by atoms with Gasteiger partial charge < -0.3 is 10.2 Å². The number of piperazine rings is 1. The molecule has 0 bridgehead atoms. The van der Waals surface area contributed by atoms with E-state index in [4.69, 9.17) is 0 Å². The van der Waals surface area contributed by atoms with Crippen LogP contribution in [0.25, 0.3) is 11.0 Å². The minimum atomic E-state index is -0.245. The van der Waals surface area contributed by atoms with E-state index in [2.05, 4.69) is 67.4 Å². The zero-order valence-electron chi connectivity index (χ0n) is 18.2. The van der Waals surface area contributed by atoms with Crippen LogP contribution in [0.5, 0.6) is 0 Å². The molecule has 0 aliphatic carbocycles. The van der Waals surface area contributed by atoms with Crippen LogP contribution in [0, 0.1) is 0 Å². The summed E-state index contributed by atoms with van der Waals surface area (Å²) in [6.45, 7) is 13.1. The van der Waals surface area contributed by atoms with Gasteiger partial charge in [0.1, 0.15) is 5.39 Å². The lowest BCUT2D eigenvalue weighted by Crippen LogP contribution is -2.51. The smallest absolute Gasteiger partial charge is 0.263 e. The number of anilines is 2. The zero-order chi connectivity index (χ0) is 21.3. The van der Waals surface area contributed by atoms with E-state index < -0.39 is 0 Å². The number of hydrogen-bond acceptors (Lipinski definition) is 6. The van der Waals surface area contributed by atoms with Crippen molar-refractivity contribution in [1.29, 1.82) is 0 Å². The molecule has 4 rings (SSSR count). The summed E-state index contributed by atoms with van der Waals surface area (Å²) in [5, 5.41) is 8.20. The molecule has 1 aliphatic rings. The van der Waals surface area contributed by atoms with Gasteiger partial charge in [0.25, 0.3) is 5.56 Å². The quantitative estimate of drug-likeness (QED) is 0.674. The summed E-state index contributed by atoms with van der Waals surface area (Å²) in [5.74, 6) is 0.494. The fourth-order valence-electron chi connectivity index (χ4n) is 3.93. The number of hydrogen-bond donors (Lipinski definition) is 2. The number of benzene rings is 1. The Morgan fingerprint density at radius 1 is 1.13 bits per heavy atom. The van der Waals surface area contributed by atoms with Gasteiger partial charge >= 0.3 is 0 Å². The third kappa shape index (κ3) is 4.18. The maximum Gasteiger partial charge on any atom is 0.263 e. The Morgan fingerprint density at radius 2 is 1.83 bits per heavy atom. The van der Waals surface area contributed by atoms with E-state index in [9.17, 15) is 4.79 Å². The van der Waals surface area contributed by atoms with Gasteiger partial charge in [0, 0.05) is 44.5 Å². The zero-order valence-corrected chi connectivity index (χ0v) is 18.2. The summed E-state index contributed by atoms with van der Waals surface area (Å²) in [7, 11) is 0. The summed E-state index contributed by atoms with van der Waals surface area (Å²) >= 11 is 0. The number of H-pyrrole nitrogens is 1. The third-order valence-corrected chi connectivity index (χ3v) is 5.70. The molecule has 1 fully saturated rings. The van der Waals surface area contributed by atoms with Crippen molar-refractivity contribution in [3.8, 4) is 0 Å². The number of fused-ring (bicyclic) bond motifs is 1. The van der Waals surface area contributed by atoms with E-state index in [1.165, 1.54) is 5.69 Å². The first-order valence-electron chi connectivity index (χ1n) is 10.6. The number of rotatable bonds is 5. The van der Waals surface area contributed by atoms with Crippen LogP contribution in [0.2, 0.25) is 0 Å². The van der Waals surface area contributed by atoms with Crippen molar-refractivity contribution >= 4 is 22.7 Å². The predicted octanol–water partition coefficient (Wildman–Crippen LogP) is 2.50. The summed E-state index contributed by atoms with van der Waals surface area (Å²) in [4.78, 5) is 24.8. The highest BCUT2D eigenvalue weighted by atomic mass is 16.1. The topological polar surface area (TPSA) is 82.1 Å². The van der Waals surface area contributed by atoms with Gasteiger partial charge in [0.2, 0.25) is 5.95 Å². The molecule has 30 heavy (non-hydrogen) atoms. The third-order valence-electron chi connectivity index (χ3n) is 5.70. The molecule has 0 saturated carbocycles. The number of aromatic nitrogens is 4. The lowest BCUT2D eigenvalue weighted by molar-refractivity contribution is 0.204. The maximum absolute atomic E-state index is 12.5. The van der Waals surface area contributed by atoms with Gasteiger partial charge in [0.15, 0.2) is 5.65 Å². The molecule has 3 aromatic rings. The van der Waals surface area contributed by atoms with Crippen LogP contribution < -0.4 is 15.8 Å². The molecule has 2 N–H and O–H groups in total. The Balaban J connectivity index is 1.39. The maximum atomic E-state index is 12.5. The fraction of sp³-hybridized carbons (Fsp3) is 0.500. The highest BCUT2D eigenvalue weighted by Gasteiger charge is 2.22. The molecule has 0 amide bonds. The van der Waals surface area contributed by atoms with E-state index in [0.717, 1.165) is 26.2 Å². The second kappa shape index (κ2) is 8.10. The van der Waals surface area contributed by atoms with Crippen LogP contribution in [0.4, 0.5) is 11.6 Å². The second-order valence-corrected chi connectivity index (χ2v) is 8.97. The molecule has 2 aromatic heterocycles. The molecule has 1 unspecified atom stereocenters.